The van der Waals surface area contributed by atoms with E-state index >= 15 is 0 Å². The van der Waals surface area contributed by atoms with Gasteiger partial charge in [0, 0.05) is 57.5 Å². The van der Waals surface area contributed by atoms with Gasteiger partial charge >= 0.3 is 48.9 Å². The standard InChI is InChI=1S/Ba.Cu.H2O.Sm.2H/h;;1H2;;;. The molecule has 0 aliphatic carbocycles. The topological polar surface area (TPSA) is 31.5 Å². The number of hydrogen-bond acceptors (Lipinski definition) is 0. The molecule has 0 saturated carbocycles. The summed E-state index contributed by atoms with van der Waals surface area (Å²) in [6, 6.07) is 0. The van der Waals surface area contributed by atoms with Crippen LogP contribution >= 0.6 is 0 Å². The van der Waals surface area contributed by atoms with Crippen LogP contribution in [0.2, 0.25) is 0 Å². The van der Waals surface area contributed by atoms with Crippen LogP contribution in [0.3, 0.4) is 0 Å². The van der Waals surface area contributed by atoms with Crippen molar-refractivity contribution in [3.8, 4) is 0 Å². The summed E-state index contributed by atoms with van der Waals surface area (Å²) < 4.78 is 0. The zero-order valence-corrected chi connectivity index (χ0v) is 4.77. The second kappa shape index (κ2) is 16.2. The van der Waals surface area contributed by atoms with Gasteiger partial charge in [-0.25, -0.2) is 0 Å². The summed E-state index contributed by atoms with van der Waals surface area (Å²) in [5.41, 5.74) is 0. The van der Waals surface area contributed by atoms with Gasteiger partial charge in [0.25, 0.3) is 0 Å². The van der Waals surface area contributed by atoms with Crippen LogP contribution in [0.4, 0.5) is 0 Å². The van der Waals surface area contributed by atoms with Crippen molar-refractivity contribution in [2.24, 2.45) is 0 Å². The maximum absolute atomic E-state index is 0. The van der Waals surface area contributed by atoms with Crippen molar-refractivity contribution >= 4 is 48.9 Å². The molecule has 0 aromatic heterocycles. The first kappa shape index (κ1) is 26.3. The maximum atomic E-state index is 0. The average Bonchev–Trinajstić information content (AvgIpc) is 0. The van der Waals surface area contributed by atoms with Gasteiger partial charge in [-0.3, -0.25) is 0 Å². The first-order valence-electron chi connectivity index (χ1n) is 0. The molecule has 0 unspecified atom stereocenters. The molecule has 0 aromatic rings. The monoisotopic (exact) mass is 373 g/mol. The van der Waals surface area contributed by atoms with E-state index in [1.54, 1.807) is 0 Å². The second-order valence-electron chi connectivity index (χ2n) is 0. The molecular formula is H4BaCuOSm. The summed E-state index contributed by atoms with van der Waals surface area (Å²) in [4.78, 5) is 0. The van der Waals surface area contributed by atoms with Crippen LogP contribution in [0.25, 0.3) is 0 Å². The molecule has 0 atom stereocenters. The minimum atomic E-state index is 0. The minimum absolute atomic E-state index is 0. The third kappa shape index (κ3) is 9.04. The molecule has 0 aliphatic heterocycles. The maximum Gasteiger partial charge on any atom is 0 e. The third-order valence-electron chi connectivity index (χ3n) is 0. The van der Waals surface area contributed by atoms with Crippen molar-refractivity contribution in [3.63, 3.8) is 0 Å². The van der Waals surface area contributed by atoms with Crippen molar-refractivity contribution in [2.75, 3.05) is 0 Å². The SMILES string of the molecule is O.[BaH2].[Cu].[Sm]. The number of hydrogen-bond donors (Lipinski definition) is 0. The summed E-state index contributed by atoms with van der Waals surface area (Å²) in [5, 5.41) is 0. The van der Waals surface area contributed by atoms with E-state index in [-0.39, 0.29) is 112 Å². The first-order chi connectivity index (χ1) is 0. The fraction of sp³-hybridized carbons (Fsp3) is 0. The van der Waals surface area contributed by atoms with Crippen molar-refractivity contribution in [1.29, 1.82) is 0 Å². The average molecular weight is 371 g/mol. The molecule has 2 N–H and O–H groups in total. The fourth-order valence-corrected chi connectivity index (χ4v) is 0. The molecule has 0 bridgehead atoms. The molecule has 0 saturated heterocycles. The summed E-state index contributed by atoms with van der Waals surface area (Å²) in [5.74, 6) is 0. The molecule has 4 heavy (non-hydrogen) atoms. The molecule has 0 fully saturated rings. The van der Waals surface area contributed by atoms with E-state index in [0.717, 1.165) is 0 Å². The van der Waals surface area contributed by atoms with Crippen LogP contribution in [0.15, 0.2) is 0 Å². The van der Waals surface area contributed by atoms with Crippen LogP contribution in [-0.2, 0) is 17.1 Å². The van der Waals surface area contributed by atoms with Crippen LogP contribution < -0.4 is 0 Å². The van der Waals surface area contributed by atoms with E-state index in [1.807, 2.05) is 0 Å². The van der Waals surface area contributed by atoms with Crippen molar-refractivity contribution in [1.82, 2.24) is 0 Å². The molecule has 29 valence electrons. The zero-order valence-electron chi connectivity index (χ0n) is 1.21. The van der Waals surface area contributed by atoms with Crippen LogP contribution in [0, 0.1) is 40.4 Å². The van der Waals surface area contributed by atoms with E-state index in [2.05, 4.69) is 0 Å². The molecule has 0 spiro atoms. The van der Waals surface area contributed by atoms with Crippen LogP contribution in [0.1, 0.15) is 0 Å². The van der Waals surface area contributed by atoms with Crippen LogP contribution in [0.5, 0.6) is 0 Å². The largest absolute Gasteiger partial charge is 0 e. The Morgan fingerprint density at radius 1 is 1.00 bits per heavy atom. The van der Waals surface area contributed by atoms with Gasteiger partial charge in [0.2, 0.25) is 0 Å². The fourth-order valence-electron chi connectivity index (χ4n) is 0. The van der Waals surface area contributed by atoms with Gasteiger partial charge in [0.1, 0.15) is 0 Å². The van der Waals surface area contributed by atoms with Crippen molar-refractivity contribution in [3.05, 3.63) is 0 Å². The predicted octanol–water partition coefficient (Wildman–Crippen LogP) is -1.74. The second-order valence-corrected chi connectivity index (χ2v) is 0. The normalized spacial score (nSPS) is 0. The Balaban J connectivity index is 0. The van der Waals surface area contributed by atoms with E-state index in [9.17, 15) is 0 Å². The van der Waals surface area contributed by atoms with Gasteiger partial charge in [0.05, 0.1) is 0 Å². The predicted molar refractivity (Wildman–Crippen MR) is 12.2 cm³/mol. The Labute approximate surface area is 109 Å². The van der Waals surface area contributed by atoms with Gasteiger partial charge in [-0.05, 0) is 0 Å². The molecule has 0 aliphatic rings. The van der Waals surface area contributed by atoms with Gasteiger partial charge in [-0.1, -0.05) is 0 Å². The molecule has 0 amide bonds. The van der Waals surface area contributed by atoms with Gasteiger partial charge in [-0.2, -0.15) is 0 Å². The Morgan fingerprint density at radius 3 is 1.00 bits per heavy atom. The van der Waals surface area contributed by atoms with Gasteiger partial charge in [-0.15, -0.1) is 0 Å². The first-order valence-corrected chi connectivity index (χ1v) is 0. The molecule has 1 radical (unpaired) electrons. The van der Waals surface area contributed by atoms with E-state index in [4.69, 9.17) is 0 Å². The quantitative estimate of drug-likeness (QED) is 0.453. The molecule has 0 aromatic carbocycles. The van der Waals surface area contributed by atoms with E-state index in [0.29, 0.717) is 0 Å². The summed E-state index contributed by atoms with van der Waals surface area (Å²) >= 11 is 0. The van der Waals surface area contributed by atoms with E-state index < -0.39 is 0 Å². The summed E-state index contributed by atoms with van der Waals surface area (Å²) in [6.45, 7) is 0. The Hall–Kier alpha value is 3.39. The van der Waals surface area contributed by atoms with Gasteiger partial charge in [0.15, 0.2) is 0 Å². The van der Waals surface area contributed by atoms with Crippen LogP contribution in [-0.4, -0.2) is 54.4 Å². The van der Waals surface area contributed by atoms with Gasteiger partial charge < -0.3 is 5.48 Å². The van der Waals surface area contributed by atoms with Crippen molar-refractivity contribution in [2.45, 2.75) is 0 Å². The smallest absolute Gasteiger partial charge is 0 e. The number of rotatable bonds is 0. The summed E-state index contributed by atoms with van der Waals surface area (Å²) in [6.07, 6.45) is 0. The van der Waals surface area contributed by atoms with E-state index in [1.165, 1.54) is 0 Å². The molecule has 0 rings (SSSR count). The molecular weight excluding hydrogens is 367 g/mol. The minimum Gasteiger partial charge on any atom is 0 e. The molecule has 0 heterocycles. The Kier molecular flexibility index (Phi) is 106. The Morgan fingerprint density at radius 2 is 1.00 bits per heavy atom. The summed E-state index contributed by atoms with van der Waals surface area (Å²) in [7, 11) is 0. The zero-order chi connectivity index (χ0) is 0. The molecule has 1 nitrogen and oxygen atoms in total. The molecule has 4 heteroatoms. The Bertz CT molecular complexity index is 8.00. The van der Waals surface area contributed by atoms with Crippen molar-refractivity contribution < 1.29 is 62.9 Å². The third-order valence-corrected chi connectivity index (χ3v) is 0.